The van der Waals surface area contributed by atoms with E-state index in [0.717, 1.165) is 23.7 Å². The Morgan fingerprint density at radius 2 is 1.50 bits per heavy atom. The van der Waals surface area contributed by atoms with Crippen LogP contribution in [-0.4, -0.2) is 73.4 Å². The van der Waals surface area contributed by atoms with Crippen LogP contribution in [0.3, 0.4) is 0 Å². The number of carbonyl (C=O) groups is 2. The van der Waals surface area contributed by atoms with Crippen LogP contribution in [0, 0.1) is 5.92 Å². The Labute approximate surface area is 260 Å². The summed E-state index contributed by atoms with van der Waals surface area (Å²) in [5.74, 6) is -0.150. The fourth-order valence-corrected chi connectivity index (χ4v) is 7.59. The summed E-state index contributed by atoms with van der Waals surface area (Å²) in [7, 11) is -4.17. The normalized spacial score (nSPS) is 16.5. The number of benzene rings is 3. The van der Waals surface area contributed by atoms with Crippen molar-refractivity contribution in [3.8, 4) is 5.75 Å². The molecule has 9 nitrogen and oxygen atoms in total. The van der Waals surface area contributed by atoms with Crippen LogP contribution in [0.25, 0.3) is 0 Å². The van der Waals surface area contributed by atoms with Gasteiger partial charge >= 0.3 is 0 Å². The van der Waals surface area contributed by atoms with Crippen molar-refractivity contribution in [1.29, 1.82) is 0 Å². The lowest BCUT2D eigenvalue weighted by molar-refractivity contribution is -0.138. The SMILES string of the molecule is CC(C)(NC(=O)c1ccc(S(=O)(=O)N(c2ccccc2)c2ccccc2O)cc1)C(=O)N1CCC(CCN2CCCC2)CC1. The molecule has 2 fully saturated rings. The van der Waals surface area contributed by atoms with Crippen molar-refractivity contribution in [3.63, 3.8) is 0 Å². The van der Waals surface area contributed by atoms with Crippen LogP contribution in [0.1, 0.15) is 56.3 Å². The summed E-state index contributed by atoms with van der Waals surface area (Å²) in [5, 5.41) is 13.4. The molecule has 2 heterocycles. The standard InChI is InChI=1S/C34H42N4O5S/c1-34(2,33(41)37-24-19-26(20-25-37)18-23-36-21-8-9-22-36)35-32(40)27-14-16-29(17-15-27)44(42,43)38(28-10-4-3-5-11-28)30-12-6-7-13-31(30)39/h3-7,10-17,26,39H,8-9,18-25H2,1-2H3,(H,35,40). The molecule has 5 rings (SSSR count). The van der Waals surface area contributed by atoms with Crippen molar-refractivity contribution in [2.75, 3.05) is 37.0 Å². The number of phenolic OH excluding ortho intramolecular Hbond substituents is 1. The zero-order valence-corrected chi connectivity index (χ0v) is 26.3. The lowest BCUT2D eigenvalue weighted by atomic mass is 9.91. The molecule has 0 atom stereocenters. The van der Waals surface area contributed by atoms with Crippen LogP contribution >= 0.6 is 0 Å². The summed E-state index contributed by atoms with van der Waals surface area (Å²) in [6, 6.07) is 20.3. The second-order valence-electron chi connectivity index (χ2n) is 12.3. The maximum Gasteiger partial charge on any atom is 0.268 e. The number of piperidine rings is 1. The molecular formula is C34H42N4O5S. The molecule has 0 aromatic heterocycles. The molecule has 2 aliphatic rings. The van der Waals surface area contributed by atoms with Gasteiger partial charge in [0.1, 0.15) is 11.3 Å². The van der Waals surface area contributed by atoms with Gasteiger partial charge in [-0.1, -0.05) is 30.3 Å². The van der Waals surface area contributed by atoms with E-state index in [1.807, 2.05) is 4.90 Å². The number of para-hydroxylation sites is 3. The van der Waals surface area contributed by atoms with E-state index in [-0.39, 0.29) is 27.8 Å². The number of sulfonamides is 1. The number of nitrogens with zero attached hydrogens (tertiary/aromatic N) is 3. The Hall–Kier alpha value is -3.89. The van der Waals surface area contributed by atoms with Crippen molar-refractivity contribution >= 4 is 33.2 Å². The first-order chi connectivity index (χ1) is 21.1. The minimum absolute atomic E-state index is 0.0518. The van der Waals surface area contributed by atoms with Gasteiger partial charge in [0.2, 0.25) is 5.91 Å². The summed E-state index contributed by atoms with van der Waals surface area (Å²) in [4.78, 5) is 31.0. The van der Waals surface area contributed by atoms with Crippen LogP contribution < -0.4 is 9.62 Å². The Morgan fingerprint density at radius 1 is 0.886 bits per heavy atom. The van der Waals surface area contributed by atoms with E-state index in [1.165, 1.54) is 68.8 Å². The minimum Gasteiger partial charge on any atom is -0.506 e. The lowest BCUT2D eigenvalue weighted by Crippen LogP contribution is -2.57. The zero-order chi connectivity index (χ0) is 31.3. The third-order valence-corrected chi connectivity index (χ3v) is 10.4. The average molecular weight is 619 g/mol. The topological polar surface area (TPSA) is 110 Å². The number of rotatable bonds is 10. The van der Waals surface area contributed by atoms with Gasteiger partial charge in [-0.05, 0) is 120 Å². The van der Waals surface area contributed by atoms with Gasteiger partial charge in [0, 0.05) is 18.7 Å². The largest absolute Gasteiger partial charge is 0.506 e. The van der Waals surface area contributed by atoms with Crippen molar-refractivity contribution in [2.45, 2.75) is 56.4 Å². The molecular weight excluding hydrogens is 576 g/mol. The number of hydrogen-bond acceptors (Lipinski definition) is 6. The predicted molar refractivity (Wildman–Crippen MR) is 171 cm³/mol. The molecule has 2 amide bonds. The number of carbonyl (C=O) groups excluding carboxylic acids is 2. The van der Waals surface area contributed by atoms with Gasteiger partial charge in [-0.25, -0.2) is 12.7 Å². The Morgan fingerprint density at radius 3 is 2.14 bits per heavy atom. The molecule has 2 aliphatic heterocycles. The lowest BCUT2D eigenvalue weighted by Gasteiger charge is -2.37. The molecule has 0 spiro atoms. The summed E-state index contributed by atoms with van der Waals surface area (Å²) < 4.78 is 28.8. The highest BCUT2D eigenvalue weighted by Gasteiger charge is 2.36. The first-order valence-corrected chi connectivity index (χ1v) is 16.8. The second kappa shape index (κ2) is 13.4. The molecule has 3 aromatic carbocycles. The minimum atomic E-state index is -4.17. The maximum atomic E-state index is 13.9. The van der Waals surface area contributed by atoms with Gasteiger partial charge in [0.15, 0.2) is 0 Å². The molecule has 2 N–H and O–H groups in total. The third kappa shape index (κ3) is 7.08. The molecule has 44 heavy (non-hydrogen) atoms. The number of nitrogens with one attached hydrogen (secondary N) is 1. The zero-order valence-electron chi connectivity index (χ0n) is 25.5. The van der Waals surface area contributed by atoms with Gasteiger partial charge in [-0.3, -0.25) is 9.59 Å². The van der Waals surface area contributed by atoms with E-state index in [9.17, 15) is 23.1 Å². The fraction of sp³-hybridized carbons (Fsp3) is 0.412. The molecule has 2 saturated heterocycles. The number of amides is 2. The van der Waals surface area contributed by atoms with E-state index in [0.29, 0.717) is 24.7 Å². The van der Waals surface area contributed by atoms with Crippen molar-refractivity contribution < 1.29 is 23.1 Å². The quantitative estimate of drug-likeness (QED) is 0.325. The van der Waals surface area contributed by atoms with E-state index in [2.05, 4.69) is 10.2 Å². The van der Waals surface area contributed by atoms with Crippen LogP contribution in [0.4, 0.5) is 11.4 Å². The van der Waals surface area contributed by atoms with Crippen LogP contribution in [0.15, 0.2) is 83.8 Å². The fourth-order valence-electron chi connectivity index (χ4n) is 6.09. The van der Waals surface area contributed by atoms with E-state index < -0.39 is 21.5 Å². The second-order valence-corrected chi connectivity index (χ2v) is 14.1. The highest BCUT2D eigenvalue weighted by atomic mass is 32.2. The highest BCUT2D eigenvalue weighted by Crippen LogP contribution is 2.37. The molecule has 234 valence electrons. The van der Waals surface area contributed by atoms with Crippen LogP contribution in [-0.2, 0) is 14.8 Å². The van der Waals surface area contributed by atoms with Crippen LogP contribution in [0.2, 0.25) is 0 Å². The molecule has 0 aliphatic carbocycles. The smallest absolute Gasteiger partial charge is 0.268 e. The molecule has 0 unspecified atom stereocenters. The van der Waals surface area contributed by atoms with Crippen molar-refractivity contribution in [2.24, 2.45) is 5.92 Å². The summed E-state index contributed by atoms with van der Waals surface area (Å²) in [6.07, 6.45) is 5.71. The molecule has 0 bridgehead atoms. The predicted octanol–water partition coefficient (Wildman–Crippen LogP) is 5.15. The first kappa shape index (κ1) is 31.5. The number of aromatic hydroxyl groups is 1. The number of hydrogen-bond donors (Lipinski definition) is 2. The van der Waals surface area contributed by atoms with E-state index in [1.54, 1.807) is 56.3 Å². The monoisotopic (exact) mass is 618 g/mol. The number of likely N-dealkylation sites (tertiary alicyclic amines) is 2. The van der Waals surface area contributed by atoms with Gasteiger partial charge in [-0.2, -0.15) is 0 Å². The van der Waals surface area contributed by atoms with Gasteiger partial charge in [0.25, 0.3) is 15.9 Å². The van der Waals surface area contributed by atoms with E-state index in [4.69, 9.17) is 0 Å². The van der Waals surface area contributed by atoms with Crippen molar-refractivity contribution in [1.82, 2.24) is 15.1 Å². The Bertz CT molecular complexity index is 1550. The average Bonchev–Trinajstić information content (AvgIpc) is 3.55. The van der Waals surface area contributed by atoms with Gasteiger partial charge < -0.3 is 20.2 Å². The third-order valence-electron chi connectivity index (χ3n) is 8.66. The molecule has 10 heteroatoms. The summed E-state index contributed by atoms with van der Waals surface area (Å²) >= 11 is 0. The number of anilines is 2. The number of phenols is 1. The molecule has 0 saturated carbocycles. The summed E-state index contributed by atoms with van der Waals surface area (Å²) in [5.41, 5.74) is -0.429. The van der Waals surface area contributed by atoms with E-state index >= 15 is 0 Å². The van der Waals surface area contributed by atoms with Crippen LogP contribution in [0.5, 0.6) is 5.75 Å². The molecule has 0 radical (unpaired) electrons. The first-order valence-electron chi connectivity index (χ1n) is 15.4. The highest BCUT2D eigenvalue weighted by molar-refractivity contribution is 7.93. The van der Waals surface area contributed by atoms with Gasteiger partial charge in [0.05, 0.1) is 16.3 Å². The Kier molecular flexibility index (Phi) is 9.60. The van der Waals surface area contributed by atoms with Crippen molar-refractivity contribution in [3.05, 3.63) is 84.4 Å². The van der Waals surface area contributed by atoms with Gasteiger partial charge in [-0.15, -0.1) is 0 Å². The Balaban J connectivity index is 1.23. The maximum absolute atomic E-state index is 13.9. The summed E-state index contributed by atoms with van der Waals surface area (Å²) in [6.45, 7) is 8.32. The molecule has 3 aromatic rings.